The lowest BCUT2D eigenvalue weighted by Crippen LogP contribution is -1.94. The molecule has 1 aromatic rings. The fraction of sp³-hybridized carbons (Fsp3) is 0.143. The quantitative estimate of drug-likeness (QED) is 0.648. The van der Waals surface area contributed by atoms with E-state index in [0.717, 1.165) is 6.07 Å². The van der Waals surface area contributed by atoms with Gasteiger partial charge >= 0.3 is 0 Å². The van der Waals surface area contributed by atoms with Crippen molar-refractivity contribution in [2.45, 2.75) is 6.43 Å². The molecular formula is C7H4BrF2NO2. The molecule has 1 rings (SSSR count). The first-order chi connectivity index (χ1) is 6.06. The summed E-state index contributed by atoms with van der Waals surface area (Å²) >= 11 is 2.75. The fourth-order valence-electron chi connectivity index (χ4n) is 0.747. The molecule has 0 saturated heterocycles. The van der Waals surface area contributed by atoms with Gasteiger partial charge in [0.15, 0.2) is 12.0 Å². The second-order valence-corrected chi connectivity index (χ2v) is 2.95. The molecule has 3 nitrogen and oxygen atoms in total. The van der Waals surface area contributed by atoms with Gasteiger partial charge in [-0.25, -0.2) is 13.8 Å². The summed E-state index contributed by atoms with van der Waals surface area (Å²) < 4.78 is 24.1. The molecule has 0 atom stereocenters. The van der Waals surface area contributed by atoms with Crippen molar-refractivity contribution in [1.82, 2.24) is 4.98 Å². The lowest BCUT2D eigenvalue weighted by molar-refractivity contribution is 0.111. The molecule has 70 valence electrons. The van der Waals surface area contributed by atoms with E-state index in [0.29, 0.717) is 0 Å². The zero-order valence-electron chi connectivity index (χ0n) is 6.17. The summed E-state index contributed by atoms with van der Waals surface area (Å²) in [5.41, 5.74) is -0.760. The highest BCUT2D eigenvalue weighted by Gasteiger charge is 2.15. The van der Waals surface area contributed by atoms with Gasteiger partial charge in [0, 0.05) is 0 Å². The largest absolute Gasteiger partial charge is 0.504 e. The first-order valence-corrected chi connectivity index (χ1v) is 3.98. The van der Waals surface area contributed by atoms with Crippen LogP contribution in [0.25, 0.3) is 0 Å². The minimum Gasteiger partial charge on any atom is -0.504 e. The van der Waals surface area contributed by atoms with Gasteiger partial charge in [-0.15, -0.1) is 0 Å². The van der Waals surface area contributed by atoms with Crippen LogP contribution in [0.3, 0.4) is 0 Å². The van der Waals surface area contributed by atoms with Crippen molar-refractivity contribution >= 4 is 22.2 Å². The zero-order valence-corrected chi connectivity index (χ0v) is 7.75. The van der Waals surface area contributed by atoms with Gasteiger partial charge in [-0.2, -0.15) is 0 Å². The van der Waals surface area contributed by atoms with Crippen LogP contribution in [0.15, 0.2) is 10.7 Å². The van der Waals surface area contributed by atoms with Crippen molar-refractivity contribution in [2.24, 2.45) is 0 Å². The average molecular weight is 252 g/mol. The van der Waals surface area contributed by atoms with Crippen molar-refractivity contribution in [3.05, 3.63) is 21.9 Å². The number of hydrogen-bond acceptors (Lipinski definition) is 3. The molecule has 1 heterocycles. The molecule has 0 unspecified atom stereocenters. The number of hydrogen-bond donors (Lipinski definition) is 1. The number of aromatic hydroxyl groups is 1. The molecule has 0 amide bonds. The van der Waals surface area contributed by atoms with Gasteiger partial charge in [-0.05, 0) is 22.0 Å². The Labute approximate surface area is 80.5 Å². The fourth-order valence-corrected chi connectivity index (χ4v) is 1.18. The molecule has 0 bridgehead atoms. The number of alkyl halides is 2. The number of carbonyl (C=O) groups excluding carboxylic acids is 1. The lowest BCUT2D eigenvalue weighted by atomic mass is 10.2. The van der Waals surface area contributed by atoms with E-state index in [2.05, 4.69) is 20.9 Å². The maximum atomic E-state index is 12.1. The third kappa shape index (κ3) is 2.00. The van der Waals surface area contributed by atoms with Gasteiger partial charge in [-0.3, -0.25) is 4.79 Å². The molecule has 1 aromatic heterocycles. The van der Waals surface area contributed by atoms with Crippen molar-refractivity contribution in [3.63, 3.8) is 0 Å². The third-order valence-corrected chi connectivity index (χ3v) is 1.90. The van der Waals surface area contributed by atoms with Crippen LogP contribution in [-0.4, -0.2) is 16.4 Å². The summed E-state index contributed by atoms with van der Waals surface area (Å²) in [6.07, 6.45) is -2.48. The van der Waals surface area contributed by atoms with Gasteiger partial charge in [0.25, 0.3) is 6.43 Å². The van der Waals surface area contributed by atoms with Gasteiger partial charge < -0.3 is 5.11 Å². The number of aldehydes is 1. The zero-order chi connectivity index (χ0) is 10.0. The van der Waals surface area contributed by atoms with Crippen LogP contribution in [0.2, 0.25) is 0 Å². The van der Waals surface area contributed by atoms with Crippen molar-refractivity contribution in [3.8, 4) is 5.75 Å². The number of aromatic nitrogens is 1. The Morgan fingerprint density at radius 1 is 1.62 bits per heavy atom. The van der Waals surface area contributed by atoms with E-state index >= 15 is 0 Å². The van der Waals surface area contributed by atoms with Crippen LogP contribution in [0.1, 0.15) is 22.5 Å². The Balaban J connectivity index is 3.30. The Morgan fingerprint density at radius 2 is 2.23 bits per heavy atom. The number of carbonyl (C=O) groups is 1. The lowest BCUT2D eigenvalue weighted by Gasteiger charge is -2.03. The first-order valence-electron chi connectivity index (χ1n) is 3.19. The minimum absolute atomic E-state index is 0.160. The Bertz CT molecular complexity index is 344. The number of rotatable bonds is 2. The maximum Gasteiger partial charge on any atom is 0.280 e. The molecule has 0 aliphatic carbocycles. The Morgan fingerprint density at radius 3 is 2.69 bits per heavy atom. The molecule has 6 heteroatoms. The minimum atomic E-state index is -2.77. The molecule has 0 spiro atoms. The van der Waals surface area contributed by atoms with Gasteiger partial charge in [0.2, 0.25) is 0 Å². The topological polar surface area (TPSA) is 50.2 Å². The molecular weight excluding hydrogens is 248 g/mol. The Hall–Kier alpha value is -1.04. The number of nitrogens with zero attached hydrogens (tertiary/aromatic N) is 1. The van der Waals surface area contributed by atoms with Crippen molar-refractivity contribution < 1.29 is 18.7 Å². The van der Waals surface area contributed by atoms with Gasteiger partial charge in [0.1, 0.15) is 10.3 Å². The molecule has 0 aliphatic rings. The predicted molar refractivity (Wildman–Crippen MR) is 43.9 cm³/mol. The van der Waals surface area contributed by atoms with Gasteiger partial charge in [0.05, 0.1) is 5.56 Å². The molecule has 0 aromatic carbocycles. The Kier molecular flexibility index (Phi) is 2.92. The monoisotopic (exact) mass is 251 g/mol. The van der Waals surface area contributed by atoms with Crippen molar-refractivity contribution in [1.29, 1.82) is 0 Å². The average Bonchev–Trinajstić information content (AvgIpc) is 2.09. The number of halogens is 3. The van der Waals surface area contributed by atoms with Crippen LogP contribution in [0, 0.1) is 0 Å². The van der Waals surface area contributed by atoms with Crippen LogP contribution in [0.5, 0.6) is 5.75 Å². The second-order valence-electron chi connectivity index (χ2n) is 2.19. The molecule has 13 heavy (non-hydrogen) atoms. The van der Waals surface area contributed by atoms with Crippen LogP contribution in [-0.2, 0) is 0 Å². The summed E-state index contributed by atoms with van der Waals surface area (Å²) in [5, 5.41) is 9.12. The molecule has 0 fully saturated rings. The molecule has 1 N–H and O–H groups in total. The van der Waals surface area contributed by atoms with E-state index in [4.69, 9.17) is 5.11 Å². The normalized spacial score (nSPS) is 10.5. The predicted octanol–water partition coefficient (Wildman–Crippen LogP) is 2.30. The van der Waals surface area contributed by atoms with E-state index in [-0.39, 0.29) is 16.5 Å². The first kappa shape index (κ1) is 10.0. The van der Waals surface area contributed by atoms with E-state index in [1.165, 1.54) is 0 Å². The third-order valence-electron chi connectivity index (χ3n) is 1.35. The highest BCUT2D eigenvalue weighted by molar-refractivity contribution is 9.10. The SMILES string of the molecule is O=Cc1cc(C(F)F)nc(Br)c1O. The smallest absolute Gasteiger partial charge is 0.280 e. The van der Waals surface area contributed by atoms with Crippen LogP contribution in [0.4, 0.5) is 8.78 Å². The van der Waals surface area contributed by atoms with Gasteiger partial charge in [-0.1, -0.05) is 0 Å². The van der Waals surface area contributed by atoms with E-state index in [1.54, 1.807) is 0 Å². The van der Waals surface area contributed by atoms with E-state index in [9.17, 15) is 13.6 Å². The highest BCUT2D eigenvalue weighted by atomic mass is 79.9. The summed E-state index contributed by atoms with van der Waals surface area (Å²) in [7, 11) is 0. The summed E-state index contributed by atoms with van der Waals surface area (Å²) in [6, 6.07) is 0.845. The van der Waals surface area contributed by atoms with Crippen molar-refractivity contribution in [2.75, 3.05) is 0 Å². The maximum absolute atomic E-state index is 12.1. The van der Waals surface area contributed by atoms with Crippen LogP contribution < -0.4 is 0 Å². The van der Waals surface area contributed by atoms with E-state index < -0.39 is 17.9 Å². The molecule has 0 radical (unpaired) electrons. The second kappa shape index (κ2) is 3.78. The number of pyridine rings is 1. The van der Waals surface area contributed by atoms with E-state index in [1.807, 2.05) is 0 Å². The molecule has 0 saturated carbocycles. The summed E-state index contributed by atoms with van der Waals surface area (Å²) in [6.45, 7) is 0. The summed E-state index contributed by atoms with van der Waals surface area (Å²) in [5.74, 6) is -0.431. The summed E-state index contributed by atoms with van der Waals surface area (Å²) in [4.78, 5) is 13.6. The highest BCUT2D eigenvalue weighted by Crippen LogP contribution is 2.28. The van der Waals surface area contributed by atoms with Crippen LogP contribution >= 0.6 is 15.9 Å². The standard InChI is InChI=1S/C7H4BrF2NO2/c8-6-5(13)3(2-12)1-4(11-6)7(9)10/h1-2,7,13H. The molecule has 0 aliphatic heterocycles.